The molecule has 104 valence electrons. The number of carboxylic acids is 1. The van der Waals surface area contributed by atoms with Crippen LogP contribution < -0.4 is 9.64 Å². The van der Waals surface area contributed by atoms with Crippen molar-refractivity contribution in [2.24, 2.45) is 0 Å². The Labute approximate surface area is 117 Å². The zero-order valence-corrected chi connectivity index (χ0v) is 11.4. The second-order valence-corrected chi connectivity index (χ2v) is 4.41. The fourth-order valence-corrected chi connectivity index (χ4v) is 1.87. The minimum atomic E-state index is -0.913. The fraction of sp³-hybridized carbons (Fsp3) is 0.200. The van der Waals surface area contributed by atoms with E-state index in [9.17, 15) is 4.79 Å². The summed E-state index contributed by atoms with van der Waals surface area (Å²) in [5, 5.41) is 8.86. The SMILES string of the molecule is COc1cc(N(C)Cc2ccc(C(=O)O)cc2)ccn1. The van der Waals surface area contributed by atoms with Gasteiger partial charge in [-0.3, -0.25) is 0 Å². The van der Waals surface area contributed by atoms with Gasteiger partial charge in [-0.15, -0.1) is 0 Å². The number of carboxylic acid groups (broad SMARTS) is 1. The van der Waals surface area contributed by atoms with E-state index in [2.05, 4.69) is 4.98 Å². The Hall–Kier alpha value is -2.56. The third-order valence-electron chi connectivity index (χ3n) is 2.99. The second-order valence-electron chi connectivity index (χ2n) is 4.41. The molecule has 1 aromatic heterocycles. The van der Waals surface area contributed by atoms with E-state index in [1.165, 1.54) is 0 Å². The molecule has 0 atom stereocenters. The molecule has 2 rings (SSSR count). The summed E-state index contributed by atoms with van der Waals surface area (Å²) in [5.74, 6) is -0.348. The lowest BCUT2D eigenvalue weighted by Gasteiger charge is -2.19. The number of anilines is 1. The Kier molecular flexibility index (Phi) is 4.20. The molecular formula is C15H16N2O3. The lowest BCUT2D eigenvalue weighted by atomic mass is 10.1. The summed E-state index contributed by atoms with van der Waals surface area (Å²) in [5.41, 5.74) is 2.31. The second kappa shape index (κ2) is 6.06. The molecule has 0 amide bonds. The molecular weight excluding hydrogens is 256 g/mol. The van der Waals surface area contributed by atoms with Gasteiger partial charge in [0.05, 0.1) is 12.7 Å². The summed E-state index contributed by atoms with van der Waals surface area (Å²) in [7, 11) is 3.54. The number of aromatic nitrogens is 1. The van der Waals surface area contributed by atoms with Crippen LogP contribution in [0.3, 0.4) is 0 Å². The molecule has 0 radical (unpaired) electrons. The first kappa shape index (κ1) is 13.9. The molecule has 2 aromatic rings. The van der Waals surface area contributed by atoms with Crippen LogP contribution in [0.5, 0.6) is 5.88 Å². The van der Waals surface area contributed by atoms with Gasteiger partial charge in [-0.25, -0.2) is 9.78 Å². The Balaban J connectivity index is 2.10. The maximum Gasteiger partial charge on any atom is 0.335 e. The zero-order chi connectivity index (χ0) is 14.5. The minimum Gasteiger partial charge on any atom is -0.481 e. The molecule has 0 aliphatic carbocycles. The van der Waals surface area contributed by atoms with Crippen LogP contribution in [0.1, 0.15) is 15.9 Å². The van der Waals surface area contributed by atoms with E-state index >= 15 is 0 Å². The van der Waals surface area contributed by atoms with E-state index in [-0.39, 0.29) is 0 Å². The molecule has 0 spiro atoms. The predicted octanol–water partition coefficient (Wildman–Crippen LogP) is 2.42. The molecule has 0 unspecified atom stereocenters. The van der Waals surface area contributed by atoms with Gasteiger partial charge >= 0.3 is 5.97 Å². The van der Waals surface area contributed by atoms with Gasteiger partial charge in [0, 0.05) is 31.5 Å². The normalized spacial score (nSPS) is 10.1. The number of nitrogens with zero attached hydrogens (tertiary/aromatic N) is 2. The Morgan fingerprint density at radius 1 is 1.30 bits per heavy atom. The Morgan fingerprint density at radius 2 is 2.00 bits per heavy atom. The summed E-state index contributed by atoms with van der Waals surface area (Å²) < 4.78 is 5.09. The van der Waals surface area contributed by atoms with E-state index in [4.69, 9.17) is 9.84 Å². The van der Waals surface area contributed by atoms with Crippen molar-refractivity contribution in [2.45, 2.75) is 6.54 Å². The van der Waals surface area contributed by atoms with Crippen LogP contribution in [-0.4, -0.2) is 30.2 Å². The first-order chi connectivity index (χ1) is 9.60. The van der Waals surface area contributed by atoms with Gasteiger partial charge in [-0.1, -0.05) is 12.1 Å². The molecule has 1 N–H and O–H groups in total. The number of pyridine rings is 1. The predicted molar refractivity (Wildman–Crippen MR) is 76.3 cm³/mol. The van der Waals surface area contributed by atoms with E-state index in [1.807, 2.05) is 36.2 Å². The van der Waals surface area contributed by atoms with Crippen molar-refractivity contribution >= 4 is 11.7 Å². The summed E-state index contributed by atoms with van der Waals surface area (Å²) in [4.78, 5) is 16.9. The third kappa shape index (κ3) is 3.26. The highest BCUT2D eigenvalue weighted by molar-refractivity contribution is 5.87. The minimum absolute atomic E-state index is 0.294. The van der Waals surface area contributed by atoms with E-state index in [1.54, 1.807) is 25.4 Å². The Bertz CT molecular complexity index is 596. The number of aromatic carboxylic acids is 1. The van der Waals surface area contributed by atoms with Crippen molar-refractivity contribution in [3.05, 3.63) is 53.7 Å². The number of benzene rings is 1. The highest BCUT2D eigenvalue weighted by Gasteiger charge is 2.06. The highest BCUT2D eigenvalue weighted by atomic mass is 16.5. The zero-order valence-electron chi connectivity index (χ0n) is 11.4. The van der Waals surface area contributed by atoms with Gasteiger partial charge in [0.1, 0.15) is 0 Å². The third-order valence-corrected chi connectivity index (χ3v) is 2.99. The van der Waals surface area contributed by atoms with Crippen molar-refractivity contribution in [2.75, 3.05) is 19.1 Å². The maximum absolute atomic E-state index is 10.8. The van der Waals surface area contributed by atoms with E-state index < -0.39 is 5.97 Å². The molecule has 1 aromatic carbocycles. The van der Waals surface area contributed by atoms with Crippen LogP contribution in [0, 0.1) is 0 Å². The van der Waals surface area contributed by atoms with Gasteiger partial charge in [0.15, 0.2) is 0 Å². The number of ether oxygens (including phenoxy) is 1. The quantitative estimate of drug-likeness (QED) is 0.905. The highest BCUT2D eigenvalue weighted by Crippen LogP contribution is 2.19. The Morgan fingerprint density at radius 3 is 2.60 bits per heavy atom. The van der Waals surface area contributed by atoms with Crippen molar-refractivity contribution in [3.63, 3.8) is 0 Å². The summed E-state index contributed by atoms with van der Waals surface area (Å²) >= 11 is 0. The first-order valence-electron chi connectivity index (χ1n) is 6.13. The van der Waals surface area contributed by atoms with Crippen molar-refractivity contribution in [1.82, 2.24) is 4.98 Å². The lowest BCUT2D eigenvalue weighted by Crippen LogP contribution is -2.16. The molecule has 5 nitrogen and oxygen atoms in total. The number of rotatable bonds is 5. The standard InChI is InChI=1S/C15H16N2O3/c1-17(13-7-8-16-14(9-13)20-2)10-11-3-5-12(6-4-11)15(18)19/h3-9H,10H2,1-2H3,(H,18,19). The molecule has 0 bridgehead atoms. The van der Waals surface area contributed by atoms with Crippen molar-refractivity contribution in [1.29, 1.82) is 0 Å². The van der Waals surface area contributed by atoms with Crippen LogP contribution in [0.2, 0.25) is 0 Å². The smallest absolute Gasteiger partial charge is 0.335 e. The van der Waals surface area contributed by atoms with Crippen LogP contribution in [0.4, 0.5) is 5.69 Å². The monoisotopic (exact) mass is 272 g/mol. The molecule has 0 aliphatic rings. The van der Waals surface area contributed by atoms with Crippen molar-refractivity contribution in [3.8, 4) is 5.88 Å². The van der Waals surface area contributed by atoms with Crippen LogP contribution in [0.25, 0.3) is 0 Å². The van der Waals surface area contributed by atoms with Gasteiger partial charge in [0.2, 0.25) is 5.88 Å². The fourth-order valence-electron chi connectivity index (χ4n) is 1.87. The number of hydrogen-bond acceptors (Lipinski definition) is 4. The molecule has 0 fully saturated rings. The van der Waals surface area contributed by atoms with E-state index in [0.29, 0.717) is 18.0 Å². The van der Waals surface area contributed by atoms with Crippen LogP contribution in [-0.2, 0) is 6.54 Å². The summed E-state index contributed by atoms with van der Waals surface area (Å²) in [6, 6.07) is 10.6. The van der Waals surface area contributed by atoms with Gasteiger partial charge in [-0.2, -0.15) is 0 Å². The maximum atomic E-state index is 10.8. The molecule has 0 saturated heterocycles. The van der Waals surface area contributed by atoms with Crippen LogP contribution >= 0.6 is 0 Å². The topological polar surface area (TPSA) is 62.7 Å². The average Bonchev–Trinajstić information content (AvgIpc) is 2.47. The molecule has 20 heavy (non-hydrogen) atoms. The average molecular weight is 272 g/mol. The molecule has 0 aliphatic heterocycles. The largest absolute Gasteiger partial charge is 0.481 e. The van der Waals surface area contributed by atoms with Gasteiger partial charge in [-0.05, 0) is 23.8 Å². The van der Waals surface area contributed by atoms with Gasteiger partial charge in [0.25, 0.3) is 0 Å². The number of hydrogen-bond donors (Lipinski definition) is 1. The first-order valence-corrected chi connectivity index (χ1v) is 6.13. The molecule has 0 saturated carbocycles. The summed E-state index contributed by atoms with van der Waals surface area (Å²) in [6.07, 6.45) is 1.69. The van der Waals surface area contributed by atoms with Crippen molar-refractivity contribution < 1.29 is 14.6 Å². The van der Waals surface area contributed by atoms with Crippen LogP contribution in [0.15, 0.2) is 42.6 Å². The summed E-state index contributed by atoms with van der Waals surface area (Å²) in [6.45, 7) is 0.674. The number of methoxy groups -OCH3 is 1. The number of carbonyl (C=O) groups is 1. The van der Waals surface area contributed by atoms with E-state index in [0.717, 1.165) is 11.3 Å². The lowest BCUT2D eigenvalue weighted by molar-refractivity contribution is 0.0697. The molecule has 5 heteroatoms. The van der Waals surface area contributed by atoms with Gasteiger partial charge < -0.3 is 14.7 Å². The molecule has 1 heterocycles.